The van der Waals surface area contributed by atoms with Crippen LogP contribution in [0.15, 0.2) is 24.8 Å². The number of rotatable bonds is 2. The molecule has 0 N–H and O–H groups in total. The van der Waals surface area contributed by atoms with Crippen molar-refractivity contribution in [3.8, 4) is 0 Å². The van der Waals surface area contributed by atoms with Gasteiger partial charge in [-0.25, -0.2) is 0 Å². The van der Waals surface area contributed by atoms with E-state index in [1.165, 1.54) is 0 Å². The van der Waals surface area contributed by atoms with Crippen LogP contribution in [0.2, 0.25) is 0 Å². The zero-order valence-corrected chi connectivity index (χ0v) is 4.91. The molecule has 0 bridgehead atoms. The minimum Gasteiger partial charge on any atom is -0.0983 e. The highest BCUT2D eigenvalue weighted by Crippen LogP contribution is 2.31. The molecule has 0 radical (unpaired) electrons. The van der Waals surface area contributed by atoms with Crippen molar-refractivity contribution in [3.05, 3.63) is 24.8 Å². The van der Waals surface area contributed by atoms with E-state index in [0.717, 1.165) is 0 Å². The minimum atomic E-state index is -0.0484. The van der Waals surface area contributed by atoms with Gasteiger partial charge in [0.15, 0.2) is 0 Å². The van der Waals surface area contributed by atoms with Crippen LogP contribution >= 0.6 is 7.92 Å². The van der Waals surface area contributed by atoms with E-state index < -0.39 is 0 Å². The quantitative estimate of drug-likeness (QED) is 0.467. The molecule has 1 heteroatoms. The van der Waals surface area contributed by atoms with Crippen molar-refractivity contribution in [2.45, 2.75) is 0 Å². The van der Waals surface area contributed by atoms with Gasteiger partial charge in [-0.1, -0.05) is 32.7 Å². The van der Waals surface area contributed by atoms with Crippen LogP contribution in [0.3, 0.4) is 0 Å². The molecule has 0 saturated carbocycles. The Bertz CT molecular complexity index is 49.0. The molecule has 0 unspecified atom stereocenters. The summed E-state index contributed by atoms with van der Waals surface area (Å²) in [5.41, 5.74) is 0. The van der Waals surface area contributed by atoms with Gasteiger partial charge in [0.25, 0.3) is 0 Å². The summed E-state index contributed by atoms with van der Waals surface area (Å²) in [5, 5.41) is 0. The Morgan fingerprint density at radius 2 is 1.67 bits per heavy atom. The molecular weight excluding hydrogens is 91.0 g/mol. The largest absolute Gasteiger partial charge is 0.0983 e. The van der Waals surface area contributed by atoms with E-state index in [1.807, 2.05) is 11.6 Å². The predicted molar refractivity (Wildman–Crippen MR) is 33.2 cm³/mol. The van der Waals surface area contributed by atoms with E-state index in [2.05, 4.69) is 19.8 Å². The second kappa shape index (κ2) is 3.11. The van der Waals surface area contributed by atoms with Crippen molar-refractivity contribution in [1.29, 1.82) is 0 Å². The van der Waals surface area contributed by atoms with Crippen LogP contribution in [-0.2, 0) is 0 Å². The molecular formula is C5H9P. The molecule has 0 aromatic carbocycles. The Morgan fingerprint density at radius 1 is 1.33 bits per heavy atom. The Balaban J connectivity index is 3.21. The maximum atomic E-state index is 3.59. The second-order valence-corrected chi connectivity index (χ2v) is 3.09. The van der Waals surface area contributed by atoms with Gasteiger partial charge >= 0.3 is 0 Å². The molecule has 0 heterocycles. The normalized spacial score (nSPS) is 8.33. The van der Waals surface area contributed by atoms with Crippen LogP contribution in [-0.4, -0.2) is 6.66 Å². The molecule has 0 saturated heterocycles. The van der Waals surface area contributed by atoms with Gasteiger partial charge in [-0.3, -0.25) is 0 Å². The van der Waals surface area contributed by atoms with E-state index in [4.69, 9.17) is 0 Å². The summed E-state index contributed by atoms with van der Waals surface area (Å²) in [7, 11) is -0.0484. The molecule has 0 aliphatic heterocycles. The van der Waals surface area contributed by atoms with E-state index in [9.17, 15) is 0 Å². The van der Waals surface area contributed by atoms with Crippen LogP contribution in [0.4, 0.5) is 0 Å². The summed E-state index contributed by atoms with van der Waals surface area (Å²) in [4.78, 5) is 0. The average molecular weight is 100 g/mol. The minimum absolute atomic E-state index is 0.0484. The first-order chi connectivity index (χ1) is 2.81. The van der Waals surface area contributed by atoms with Crippen LogP contribution < -0.4 is 0 Å². The molecule has 0 nitrogen and oxygen atoms in total. The van der Waals surface area contributed by atoms with Gasteiger partial charge in [-0.15, -0.1) is 0 Å². The summed E-state index contributed by atoms with van der Waals surface area (Å²) in [6.07, 6.45) is 0. The van der Waals surface area contributed by atoms with Crippen LogP contribution in [0.5, 0.6) is 0 Å². The van der Waals surface area contributed by atoms with Crippen molar-refractivity contribution in [2.24, 2.45) is 0 Å². The fourth-order valence-electron chi connectivity index (χ4n) is 0.0745. The maximum Gasteiger partial charge on any atom is -0.0375 e. The molecule has 0 spiro atoms. The van der Waals surface area contributed by atoms with Gasteiger partial charge in [-0.2, -0.15) is 0 Å². The number of hydrogen-bond acceptors (Lipinski definition) is 0. The molecule has 0 aliphatic carbocycles. The molecule has 0 atom stereocenters. The highest BCUT2D eigenvalue weighted by molar-refractivity contribution is 7.63. The van der Waals surface area contributed by atoms with Gasteiger partial charge in [0.1, 0.15) is 0 Å². The van der Waals surface area contributed by atoms with Crippen LogP contribution in [0.1, 0.15) is 0 Å². The van der Waals surface area contributed by atoms with Gasteiger partial charge in [0, 0.05) is 0 Å². The Labute approximate surface area is 40.3 Å². The van der Waals surface area contributed by atoms with Crippen LogP contribution in [0.25, 0.3) is 0 Å². The van der Waals surface area contributed by atoms with E-state index in [1.54, 1.807) is 0 Å². The SMILES string of the molecule is C=CP(C)C=C. The summed E-state index contributed by atoms with van der Waals surface area (Å²) in [6, 6.07) is 0. The lowest BCUT2D eigenvalue weighted by Crippen LogP contribution is -1.46. The molecule has 0 fully saturated rings. The smallest absolute Gasteiger partial charge is 0.0375 e. The zero-order chi connectivity index (χ0) is 4.99. The van der Waals surface area contributed by atoms with Gasteiger partial charge in [0.2, 0.25) is 0 Å². The Hall–Kier alpha value is -0.0900. The monoisotopic (exact) mass is 100 g/mol. The van der Waals surface area contributed by atoms with E-state index in [0.29, 0.717) is 0 Å². The summed E-state index contributed by atoms with van der Waals surface area (Å²) in [6.45, 7) is 9.28. The van der Waals surface area contributed by atoms with Gasteiger partial charge in [-0.05, 0) is 6.66 Å². The first-order valence-corrected chi connectivity index (χ1v) is 3.71. The number of hydrogen-bond donors (Lipinski definition) is 0. The molecule has 0 aliphatic rings. The Morgan fingerprint density at radius 3 is 1.67 bits per heavy atom. The van der Waals surface area contributed by atoms with Crippen molar-refractivity contribution < 1.29 is 0 Å². The zero-order valence-electron chi connectivity index (χ0n) is 4.02. The van der Waals surface area contributed by atoms with Crippen molar-refractivity contribution >= 4 is 7.92 Å². The lowest BCUT2D eigenvalue weighted by Gasteiger charge is -1.89. The molecule has 0 aromatic rings. The maximum absolute atomic E-state index is 3.59. The van der Waals surface area contributed by atoms with E-state index >= 15 is 0 Å². The first kappa shape index (κ1) is 5.91. The fourth-order valence-corrected chi connectivity index (χ4v) is 0.224. The molecule has 0 amide bonds. The second-order valence-electron chi connectivity index (χ2n) is 1.03. The predicted octanol–water partition coefficient (Wildman–Crippen LogP) is 2.39. The summed E-state index contributed by atoms with van der Waals surface area (Å²) < 4.78 is 0. The molecule has 0 aromatic heterocycles. The van der Waals surface area contributed by atoms with Gasteiger partial charge < -0.3 is 0 Å². The molecule has 0 rings (SSSR count). The van der Waals surface area contributed by atoms with Crippen molar-refractivity contribution in [3.63, 3.8) is 0 Å². The Kier molecular flexibility index (Phi) is 3.07. The third-order valence-electron chi connectivity index (χ3n) is 0.576. The average Bonchev–Trinajstić information content (AvgIpc) is 1.65. The highest BCUT2D eigenvalue weighted by atomic mass is 31.1. The lowest BCUT2D eigenvalue weighted by molar-refractivity contribution is 2.29. The molecule has 6 heavy (non-hydrogen) atoms. The van der Waals surface area contributed by atoms with E-state index in [-0.39, 0.29) is 7.92 Å². The third kappa shape index (κ3) is 2.17. The topological polar surface area (TPSA) is 0 Å². The summed E-state index contributed by atoms with van der Waals surface area (Å²) >= 11 is 0. The highest BCUT2D eigenvalue weighted by Gasteiger charge is 1.77. The lowest BCUT2D eigenvalue weighted by atomic mass is 11.2. The first-order valence-electron chi connectivity index (χ1n) is 1.78. The van der Waals surface area contributed by atoms with Crippen molar-refractivity contribution in [2.75, 3.05) is 6.66 Å². The van der Waals surface area contributed by atoms with Crippen LogP contribution in [0, 0.1) is 0 Å². The fraction of sp³-hybridized carbons (Fsp3) is 0.200. The van der Waals surface area contributed by atoms with Crippen molar-refractivity contribution in [1.82, 2.24) is 0 Å². The standard InChI is InChI=1S/C5H9P/c1-4-6(3)5-2/h4-5H,1-2H2,3H3. The summed E-state index contributed by atoms with van der Waals surface area (Å²) in [5.74, 6) is 3.84. The third-order valence-corrected chi connectivity index (χ3v) is 1.73. The molecule has 34 valence electrons. The van der Waals surface area contributed by atoms with Gasteiger partial charge in [0.05, 0.1) is 0 Å².